The Labute approximate surface area is 191 Å². The molecule has 0 saturated carbocycles. The van der Waals surface area contributed by atoms with Crippen molar-refractivity contribution in [1.29, 1.82) is 0 Å². The van der Waals surface area contributed by atoms with Gasteiger partial charge in [0.1, 0.15) is 0 Å². The Morgan fingerprint density at radius 1 is 1.00 bits per heavy atom. The van der Waals surface area contributed by atoms with E-state index in [1.54, 1.807) is 12.1 Å². The fraction of sp³-hybridized carbons (Fsp3) is 0.381. The van der Waals surface area contributed by atoms with Gasteiger partial charge in [-0.1, -0.05) is 30.3 Å². The summed E-state index contributed by atoms with van der Waals surface area (Å²) in [5, 5.41) is 3.43. The van der Waals surface area contributed by atoms with Gasteiger partial charge in [0.2, 0.25) is 0 Å². The van der Waals surface area contributed by atoms with Crippen molar-refractivity contribution in [2.24, 2.45) is 4.99 Å². The van der Waals surface area contributed by atoms with Gasteiger partial charge in [-0.3, -0.25) is 4.99 Å². The van der Waals surface area contributed by atoms with E-state index in [-0.39, 0.29) is 24.0 Å². The Bertz CT molecular complexity index is 894. The second kappa shape index (κ2) is 10.8. The van der Waals surface area contributed by atoms with E-state index in [0.717, 1.165) is 50.7 Å². The van der Waals surface area contributed by atoms with Crippen LogP contribution in [0, 0.1) is 0 Å². The molecule has 1 N–H and O–H groups in total. The Morgan fingerprint density at radius 3 is 2.17 bits per heavy atom. The summed E-state index contributed by atoms with van der Waals surface area (Å²) in [6, 6.07) is 17.6. The first-order valence-corrected chi connectivity index (χ1v) is 11.4. The quantitative estimate of drug-likeness (QED) is 0.368. The van der Waals surface area contributed by atoms with Crippen LogP contribution in [0.5, 0.6) is 0 Å². The lowest BCUT2D eigenvalue weighted by Crippen LogP contribution is -2.52. The number of nitrogens with zero attached hydrogens (tertiary/aromatic N) is 3. The van der Waals surface area contributed by atoms with Crippen LogP contribution in [0.3, 0.4) is 0 Å². The smallest absolute Gasteiger partial charge is 0.193 e. The average molecular weight is 528 g/mol. The highest BCUT2D eigenvalue weighted by Crippen LogP contribution is 2.15. The number of halogens is 1. The van der Waals surface area contributed by atoms with E-state index in [1.807, 2.05) is 25.2 Å². The van der Waals surface area contributed by atoms with Gasteiger partial charge in [0.05, 0.1) is 4.90 Å². The molecular weight excluding hydrogens is 499 g/mol. The molecule has 29 heavy (non-hydrogen) atoms. The molecule has 0 aliphatic carbocycles. The maximum atomic E-state index is 11.5. The molecule has 1 saturated heterocycles. The van der Waals surface area contributed by atoms with Gasteiger partial charge in [0.15, 0.2) is 15.8 Å². The second-order valence-electron chi connectivity index (χ2n) is 6.95. The molecular formula is C21H29IN4O2S. The maximum absolute atomic E-state index is 11.5. The van der Waals surface area contributed by atoms with Crippen molar-refractivity contribution < 1.29 is 8.42 Å². The van der Waals surface area contributed by atoms with Crippen LogP contribution in [0.15, 0.2) is 64.5 Å². The first kappa shape index (κ1) is 23.5. The lowest BCUT2D eigenvalue weighted by Gasteiger charge is -2.37. The van der Waals surface area contributed by atoms with Crippen molar-refractivity contribution in [3.63, 3.8) is 0 Å². The topological polar surface area (TPSA) is 65.0 Å². The molecule has 1 aliphatic heterocycles. The van der Waals surface area contributed by atoms with Gasteiger partial charge < -0.3 is 15.1 Å². The van der Waals surface area contributed by atoms with Crippen molar-refractivity contribution in [3.05, 3.63) is 60.2 Å². The van der Waals surface area contributed by atoms with Crippen molar-refractivity contribution in [2.75, 3.05) is 50.9 Å². The number of piperazine rings is 1. The fourth-order valence-electron chi connectivity index (χ4n) is 3.37. The van der Waals surface area contributed by atoms with Crippen molar-refractivity contribution in [2.45, 2.75) is 11.3 Å². The number of sulfone groups is 1. The van der Waals surface area contributed by atoms with Gasteiger partial charge >= 0.3 is 0 Å². The van der Waals surface area contributed by atoms with E-state index >= 15 is 0 Å². The van der Waals surface area contributed by atoms with Gasteiger partial charge in [0.25, 0.3) is 0 Å². The first-order valence-electron chi connectivity index (χ1n) is 9.52. The Balaban J connectivity index is 0.00000300. The van der Waals surface area contributed by atoms with E-state index in [9.17, 15) is 8.42 Å². The lowest BCUT2D eigenvalue weighted by molar-refractivity contribution is 0.373. The summed E-state index contributed by atoms with van der Waals surface area (Å²) in [6.45, 7) is 4.55. The third kappa shape index (κ3) is 6.60. The largest absolute Gasteiger partial charge is 0.368 e. The normalized spacial score (nSPS) is 15.0. The minimum absolute atomic E-state index is 0. The third-order valence-corrected chi connectivity index (χ3v) is 6.09. The Kier molecular flexibility index (Phi) is 8.76. The molecule has 158 valence electrons. The molecule has 1 heterocycles. The van der Waals surface area contributed by atoms with Gasteiger partial charge in [-0.15, -0.1) is 24.0 Å². The molecule has 2 aromatic carbocycles. The van der Waals surface area contributed by atoms with E-state index < -0.39 is 9.84 Å². The van der Waals surface area contributed by atoms with Crippen molar-refractivity contribution >= 4 is 45.5 Å². The summed E-state index contributed by atoms with van der Waals surface area (Å²) < 4.78 is 23.1. The number of para-hydroxylation sites is 1. The minimum Gasteiger partial charge on any atom is -0.368 e. The molecule has 1 aliphatic rings. The van der Waals surface area contributed by atoms with Gasteiger partial charge in [-0.2, -0.15) is 0 Å². The molecule has 3 rings (SSSR count). The molecule has 2 aromatic rings. The molecule has 0 atom stereocenters. The number of benzene rings is 2. The zero-order valence-electron chi connectivity index (χ0n) is 16.9. The summed E-state index contributed by atoms with van der Waals surface area (Å²) >= 11 is 0. The predicted molar refractivity (Wildman–Crippen MR) is 130 cm³/mol. The van der Waals surface area contributed by atoms with E-state index in [0.29, 0.717) is 4.90 Å². The van der Waals surface area contributed by atoms with Crippen LogP contribution in [0.2, 0.25) is 0 Å². The van der Waals surface area contributed by atoms with E-state index in [4.69, 9.17) is 0 Å². The zero-order valence-corrected chi connectivity index (χ0v) is 20.1. The number of nitrogens with one attached hydrogen (secondary N) is 1. The van der Waals surface area contributed by atoms with Crippen LogP contribution < -0.4 is 10.2 Å². The van der Waals surface area contributed by atoms with Crippen LogP contribution in [-0.4, -0.2) is 65.3 Å². The highest BCUT2D eigenvalue weighted by atomic mass is 127. The SMILES string of the molecule is CN=C(NCCc1ccc(S(C)(=O)=O)cc1)N1CCN(c2ccccc2)CC1.I. The third-order valence-electron chi connectivity index (χ3n) is 4.96. The van der Waals surface area contributed by atoms with Gasteiger partial charge in [-0.05, 0) is 36.2 Å². The molecule has 8 heteroatoms. The summed E-state index contributed by atoms with van der Waals surface area (Å²) in [6.07, 6.45) is 2.04. The average Bonchev–Trinajstić information content (AvgIpc) is 2.72. The molecule has 6 nitrogen and oxygen atoms in total. The molecule has 0 amide bonds. The maximum Gasteiger partial charge on any atom is 0.193 e. The molecule has 1 fully saturated rings. The summed E-state index contributed by atoms with van der Waals surface area (Å²) in [7, 11) is -1.33. The summed E-state index contributed by atoms with van der Waals surface area (Å²) in [4.78, 5) is 9.46. The van der Waals surface area contributed by atoms with Crippen LogP contribution in [0.25, 0.3) is 0 Å². The number of aliphatic imine (C=N–C) groups is 1. The van der Waals surface area contributed by atoms with Crippen molar-refractivity contribution in [1.82, 2.24) is 10.2 Å². The highest BCUT2D eigenvalue weighted by Gasteiger charge is 2.19. The minimum atomic E-state index is -3.14. The van der Waals surface area contributed by atoms with Crippen LogP contribution >= 0.6 is 24.0 Å². The zero-order chi connectivity index (χ0) is 20.0. The van der Waals surface area contributed by atoms with Crippen LogP contribution in [-0.2, 0) is 16.3 Å². The van der Waals surface area contributed by atoms with Crippen LogP contribution in [0.1, 0.15) is 5.56 Å². The van der Waals surface area contributed by atoms with Gasteiger partial charge in [-0.25, -0.2) is 8.42 Å². The molecule has 0 spiro atoms. The van der Waals surface area contributed by atoms with Gasteiger partial charge in [0, 0.05) is 51.7 Å². The highest BCUT2D eigenvalue weighted by molar-refractivity contribution is 14.0. The number of hydrogen-bond acceptors (Lipinski definition) is 4. The Hall–Kier alpha value is -1.81. The summed E-state index contributed by atoms with van der Waals surface area (Å²) in [5.41, 5.74) is 2.37. The molecule has 0 unspecified atom stereocenters. The van der Waals surface area contributed by atoms with Crippen molar-refractivity contribution in [3.8, 4) is 0 Å². The molecule has 0 aromatic heterocycles. The molecule has 0 bridgehead atoms. The Morgan fingerprint density at radius 2 is 1.62 bits per heavy atom. The predicted octanol–water partition coefficient (Wildman–Crippen LogP) is 2.65. The number of anilines is 1. The van der Waals surface area contributed by atoms with E-state index in [1.165, 1.54) is 11.9 Å². The monoisotopic (exact) mass is 528 g/mol. The fourth-order valence-corrected chi connectivity index (χ4v) is 4.00. The first-order chi connectivity index (χ1) is 13.5. The standard InChI is InChI=1S/C21H28N4O2S.HI/c1-22-21(23-13-12-18-8-10-20(11-9-18)28(2,26)27)25-16-14-24(15-17-25)19-6-4-3-5-7-19;/h3-11H,12-17H2,1-2H3,(H,22,23);1H. The number of rotatable bonds is 5. The van der Waals surface area contributed by atoms with E-state index in [2.05, 4.69) is 44.4 Å². The number of hydrogen-bond donors (Lipinski definition) is 1. The van der Waals surface area contributed by atoms with Crippen LogP contribution in [0.4, 0.5) is 5.69 Å². The second-order valence-corrected chi connectivity index (χ2v) is 8.97. The molecule has 0 radical (unpaired) electrons. The lowest BCUT2D eigenvalue weighted by atomic mass is 10.1. The number of guanidine groups is 1. The summed E-state index contributed by atoms with van der Waals surface area (Å²) in [5.74, 6) is 0.917.